The molecule has 40 heavy (non-hydrogen) atoms. The monoisotopic (exact) mass is 510 g/mol. The molecule has 8 aromatic rings. The smallest absolute Gasteiger partial charge is 0.140 e. The molecule has 4 heteroatoms. The first-order chi connectivity index (χ1) is 19.8. The third-order valence-corrected chi connectivity index (χ3v) is 7.81. The predicted octanol–water partition coefficient (Wildman–Crippen LogP) is 8.81. The van der Waals surface area contributed by atoms with Crippen molar-refractivity contribution < 1.29 is 0 Å². The van der Waals surface area contributed by atoms with Crippen molar-refractivity contribution >= 4 is 43.6 Å². The first-order valence-electron chi connectivity index (χ1n) is 13.3. The molecule has 0 spiro atoms. The van der Waals surface area contributed by atoms with Crippen LogP contribution in [0.25, 0.3) is 66.1 Å². The third-order valence-electron chi connectivity index (χ3n) is 7.81. The van der Waals surface area contributed by atoms with Crippen molar-refractivity contribution in [2.75, 3.05) is 0 Å². The van der Waals surface area contributed by atoms with Gasteiger partial charge < -0.3 is 9.13 Å². The lowest BCUT2D eigenvalue weighted by molar-refractivity contribution is 1.13. The fraction of sp³-hybridized carbons (Fsp3) is 0. The van der Waals surface area contributed by atoms with Crippen molar-refractivity contribution in [3.8, 4) is 28.6 Å². The van der Waals surface area contributed by atoms with E-state index >= 15 is 0 Å². The first kappa shape index (κ1) is 22.3. The molecule has 186 valence electrons. The molecular formula is C36H22N4. The minimum absolute atomic E-state index is 0.410. The highest BCUT2D eigenvalue weighted by atomic mass is 15.0. The van der Waals surface area contributed by atoms with Crippen LogP contribution >= 0.6 is 0 Å². The summed E-state index contributed by atoms with van der Waals surface area (Å²) in [6, 6.07) is 46.9. The highest BCUT2D eigenvalue weighted by molar-refractivity contribution is 6.12. The molecule has 0 aliphatic heterocycles. The van der Waals surface area contributed by atoms with Gasteiger partial charge in [-0.1, -0.05) is 72.8 Å². The maximum Gasteiger partial charge on any atom is 0.140 e. The maximum absolute atomic E-state index is 9.25. The Kier molecular flexibility index (Phi) is 4.85. The Balaban J connectivity index is 1.36. The number of para-hydroxylation sites is 3. The van der Waals surface area contributed by atoms with Crippen LogP contribution in [0.5, 0.6) is 0 Å². The van der Waals surface area contributed by atoms with Gasteiger partial charge in [0, 0.05) is 27.2 Å². The van der Waals surface area contributed by atoms with Crippen LogP contribution in [0.4, 0.5) is 0 Å². The van der Waals surface area contributed by atoms with Gasteiger partial charge in [-0.25, -0.2) is 4.98 Å². The van der Waals surface area contributed by atoms with Crippen molar-refractivity contribution in [3.63, 3.8) is 0 Å². The van der Waals surface area contributed by atoms with E-state index in [1.165, 1.54) is 38.1 Å². The molecule has 0 saturated carbocycles. The average molecular weight is 511 g/mol. The molecule has 0 radical (unpaired) electrons. The Morgan fingerprint density at radius 2 is 1.07 bits per heavy atom. The third kappa shape index (κ3) is 3.28. The van der Waals surface area contributed by atoms with E-state index in [0.717, 1.165) is 28.0 Å². The van der Waals surface area contributed by atoms with E-state index in [4.69, 9.17) is 0 Å². The zero-order valence-corrected chi connectivity index (χ0v) is 21.5. The predicted molar refractivity (Wildman–Crippen MR) is 163 cm³/mol. The second-order valence-corrected chi connectivity index (χ2v) is 10.0. The number of rotatable bonds is 3. The maximum atomic E-state index is 9.25. The second-order valence-electron chi connectivity index (χ2n) is 10.0. The normalized spacial score (nSPS) is 11.5. The number of pyridine rings is 1. The molecule has 0 unspecified atom stereocenters. The molecular weight excluding hydrogens is 488 g/mol. The van der Waals surface area contributed by atoms with E-state index in [2.05, 4.69) is 135 Å². The molecule has 4 nitrogen and oxygen atoms in total. The van der Waals surface area contributed by atoms with Crippen LogP contribution in [0.2, 0.25) is 0 Å². The summed E-state index contributed by atoms with van der Waals surface area (Å²) in [5, 5.41) is 14.1. The Hall–Kier alpha value is -5.66. The molecule has 0 saturated heterocycles. The van der Waals surface area contributed by atoms with Crippen LogP contribution in [0, 0.1) is 11.3 Å². The molecule has 0 aliphatic rings. The van der Waals surface area contributed by atoms with E-state index in [0.29, 0.717) is 5.69 Å². The van der Waals surface area contributed by atoms with Gasteiger partial charge in [0.05, 0.1) is 34.0 Å². The molecule has 0 N–H and O–H groups in total. The quantitative estimate of drug-likeness (QED) is 0.238. The molecule has 0 atom stereocenters. The number of fused-ring (bicyclic) bond motifs is 6. The Bertz CT molecular complexity index is 2260. The largest absolute Gasteiger partial charge is 0.309 e. The standard InChI is InChI=1S/C36H22N4/c37-22-26-16-17-28(23-38-26)40-33-12-6-4-10-29(33)31-18-14-25(21-36(31)40)24-15-19-35-32(20-24)30-11-5-7-13-34(30)39(35)27-8-2-1-3-9-27/h1-21,23H. The number of nitriles is 1. The molecule has 5 aromatic carbocycles. The molecule has 0 bridgehead atoms. The van der Waals surface area contributed by atoms with Crippen molar-refractivity contribution in [3.05, 3.63) is 139 Å². The minimum atomic E-state index is 0.410. The van der Waals surface area contributed by atoms with E-state index in [1.54, 1.807) is 12.3 Å². The summed E-state index contributed by atoms with van der Waals surface area (Å²) < 4.78 is 4.58. The lowest BCUT2D eigenvalue weighted by Gasteiger charge is -2.10. The van der Waals surface area contributed by atoms with Gasteiger partial charge in [0.15, 0.2) is 0 Å². The summed E-state index contributed by atoms with van der Waals surface area (Å²) >= 11 is 0. The van der Waals surface area contributed by atoms with Crippen LogP contribution in [0.3, 0.4) is 0 Å². The molecule has 3 aromatic heterocycles. The summed E-state index contributed by atoms with van der Waals surface area (Å²) in [4.78, 5) is 4.35. The van der Waals surface area contributed by atoms with Gasteiger partial charge in [0.25, 0.3) is 0 Å². The summed E-state index contributed by atoms with van der Waals surface area (Å²) in [6.45, 7) is 0. The average Bonchev–Trinajstić information content (AvgIpc) is 3.53. The van der Waals surface area contributed by atoms with Crippen LogP contribution in [-0.2, 0) is 0 Å². The molecule has 8 rings (SSSR count). The van der Waals surface area contributed by atoms with Crippen LogP contribution < -0.4 is 0 Å². The van der Waals surface area contributed by atoms with E-state index in [9.17, 15) is 5.26 Å². The molecule has 3 heterocycles. The van der Waals surface area contributed by atoms with Crippen molar-refractivity contribution in [1.29, 1.82) is 5.26 Å². The minimum Gasteiger partial charge on any atom is -0.309 e. The summed E-state index contributed by atoms with van der Waals surface area (Å²) in [6.07, 6.45) is 1.78. The Labute approximate surface area is 230 Å². The molecule has 0 amide bonds. The van der Waals surface area contributed by atoms with E-state index in [-0.39, 0.29) is 0 Å². The van der Waals surface area contributed by atoms with Gasteiger partial charge in [0.1, 0.15) is 11.8 Å². The Morgan fingerprint density at radius 1 is 0.475 bits per heavy atom. The van der Waals surface area contributed by atoms with Crippen LogP contribution in [-0.4, -0.2) is 14.1 Å². The van der Waals surface area contributed by atoms with Crippen molar-refractivity contribution in [2.24, 2.45) is 0 Å². The lowest BCUT2D eigenvalue weighted by Crippen LogP contribution is -1.95. The van der Waals surface area contributed by atoms with Crippen LogP contribution in [0.1, 0.15) is 5.69 Å². The van der Waals surface area contributed by atoms with Gasteiger partial charge in [-0.3, -0.25) is 0 Å². The highest BCUT2D eigenvalue weighted by Crippen LogP contribution is 2.37. The van der Waals surface area contributed by atoms with Crippen molar-refractivity contribution in [1.82, 2.24) is 14.1 Å². The number of aromatic nitrogens is 3. The number of hydrogen-bond donors (Lipinski definition) is 0. The number of hydrogen-bond acceptors (Lipinski definition) is 2. The summed E-state index contributed by atoms with van der Waals surface area (Å²) in [5.41, 5.74) is 9.43. The highest BCUT2D eigenvalue weighted by Gasteiger charge is 2.16. The number of benzene rings is 5. The summed E-state index contributed by atoms with van der Waals surface area (Å²) in [7, 11) is 0. The van der Waals surface area contributed by atoms with Gasteiger partial charge in [-0.2, -0.15) is 5.26 Å². The van der Waals surface area contributed by atoms with Crippen molar-refractivity contribution in [2.45, 2.75) is 0 Å². The topological polar surface area (TPSA) is 46.5 Å². The molecule has 0 fully saturated rings. The number of nitrogens with zero attached hydrogens (tertiary/aromatic N) is 4. The zero-order valence-electron chi connectivity index (χ0n) is 21.5. The zero-order chi connectivity index (χ0) is 26.6. The van der Waals surface area contributed by atoms with Gasteiger partial charge in [0.2, 0.25) is 0 Å². The van der Waals surface area contributed by atoms with Gasteiger partial charge in [-0.15, -0.1) is 0 Å². The fourth-order valence-electron chi connectivity index (χ4n) is 6.02. The summed E-state index contributed by atoms with van der Waals surface area (Å²) in [5.74, 6) is 0. The lowest BCUT2D eigenvalue weighted by atomic mass is 10.0. The SMILES string of the molecule is N#Cc1ccc(-n2c3ccccc3c3ccc(-c4ccc5c(c4)c4ccccc4n5-c4ccccc4)cc32)cn1. The van der Waals surface area contributed by atoms with E-state index < -0.39 is 0 Å². The van der Waals surface area contributed by atoms with Crippen LogP contribution in [0.15, 0.2) is 134 Å². The second kappa shape index (κ2) is 8.69. The van der Waals surface area contributed by atoms with E-state index in [1.807, 2.05) is 6.07 Å². The fourth-order valence-corrected chi connectivity index (χ4v) is 6.02. The molecule has 0 aliphatic carbocycles. The first-order valence-corrected chi connectivity index (χ1v) is 13.3. The van der Waals surface area contributed by atoms with Gasteiger partial charge in [-0.05, 0) is 65.7 Å². The van der Waals surface area contributed by atoms with Gasteiger partial charge >= 0.3 is 0 Å². The Morgan fingerprint density at radius 3 is 1.80 bits per heavy atom.